The molecule has 1 aromatic heterocycles. The van der Waals surface area contributed by atoms with Crippen LogP contribution in [0.3, 0.4) is 0 Å². The molecule has 1 atom stereocenters. The van der Waals surface area contributed by atoms with Crippen molar-refractivity contribution in [2.75, 3.05) is 24.3 Å². The standard InChI is InChI=1S/C13H16N4O/c1-17-8-9(6-15-17)13-7-14-11-4-3-10(18-2)5-12(11)16-13/h3-6,8,13-14,16H,7H2,1-2H3. The molecular formula is C13H16N4O. The van der Waals surface area contributed by atoms with Crippen LogP contribution in [0, 0.1) is 0 Å². The average molecular weight is 244 g/mol. The molecule has 0 amide bonds. The van der Waals surface area contributed by atoms with Gasteiger partial charge in [0.15, 0.2) is 0 Å². The first-order valence-electron chi connectivity index (χ1n) is 5.93. The van der Waals surface area contributed by atoms with Crippen molar-refractivity contribution >= 4 is 11.4 Å². The van der Waals surface area contributed by atoms with E-state index in [2.05, 4.69) is 15.7 Å². The number of benzene rings is 1. The third kappa shape index (κ3) is 1.88. The Labute approximate surface area is 106 Å². The van der Waals surface area contributed by atoms with Gasteiger partial charge in [-0.15, -0.1) is 0 Å². The highest BCUT2D eigenvalue weighted by molar-refractivity contribution is 5.73. The minimum Gasteiger partial charge on any atom is -0.497 e. The Morgan fingerprint density at radius 1 is 1.39 bits per heavy atom. The van der Waals surface area contributed by atoms with Crippen molar-refractivity contribution in [2.45, 2.75) is 6.04 Å². The zero-order valence-electron chi connectivity index (χ0n) is 10.5. The van der Waals surface area contributed by atoms with Crippen molar-refractivity contribution in [2.24, 2.45) is 7.05 Å². The van der Waals surface area contributed by atoms with Gasteiger partial charge >= 0.3 is 0 Å². The summed E-state index contributed by atoms with van der Waals surface area (Å²) in [7, 11) is 3.60. The van der Waals surface area contributed by atoms with Crippen LogP contribution in [0.15, 0.2) is 30.6 Å². The first-order chi connectivity index (χ1) is 8.76. The molecule has 0 radical (unpaired) electrons. The summed E-state index contributed by atoms with van der Waals surface area (Å²) in [4.78, 5) is 0. The molecule has 5 heteroatoms. The average Bonchev–Trinajstić information content (AvgIpc) is 2.84. The summed E-state index contributed by atoms with van der Waals surface area (Å²) in [6, 6.07) is 6.22. The quantitative estimate of drug-likeness (QED) is 0.848. The van der Waals surface area contributed by atoms with Gasteiger partial charge in [-0.2, -0.15) is 5.10 Å². The molecule has 3 rings (SSSR count). The first kappa shape index (κ1) is 11.0. The lowest BCUT2D eigenvalue weighted by Crippen LogP contribution is -2.25. The van der Waals surface area contributed by atoms with Gasteiger partial charge in [-0.3, -0.25) is 4.68 Å². The van der Waals surface area contributed by atoms with Gasteiger partial charge in [0.25, 0.3) is 0 Å². The van der Waals surface area contributed by atoms with Crippen LogP contribution in [0.2, 0.25) is 0 Å². The number of aromatic nitrogens is 2. The summed E-state index contributed by atoms with van der Waals surface area (Å²) in [6.07, 6.45) is 3.93. The highest BCUT2D eigenvalue weighted by Gasteiger charge is 2.20. The Bertz CT molecular complexity index is 564. The van der Waals surface area contributed by atoms with E-state index in [1.165, 1.54) is 5.56 Å². The van der Waals surface area contributed by atoms with E-state index in [0.717, 1.165) is 23.7 Å². The van der Waals surface area contributed by atoms with Gasteiger partial charge in [0.05, 0.1) is 30.7 Å². The van der Waals surface area contributed by atoms with Crippen molar-refractivity contribution in [1.29, 1.82) is 0 Å². The summed E-state index contributed by atoms with van der Waals surface area (Å²) >= 11 is 0. The number of nitrogens with zero attached hydrogens (tertiary/aromatic N) is 2. The number of fused-ring (bicyclic) bond motifs is 1. The van der Waals surface area contributed by atoms with Crippen LogP contribution in [-0.4, -0.2) is 23.4 Å². The van der Waals surface area contributed by atoms with Crippen LogP contribution in [0.25, 0.3) is 0 Å². The lowest BCUT2D eigenvalue weighted by atomic mass is 10.1. The number of methoxy groups -OCH3 is 1. The summed E-state index contributed by atoms with van der Waals surface area (Å²) < 4.78 is 7.06. The monoisotopic (exact) mass is 244 g/mol. The zero-order chi connectivity index (χ0) is 12.5. The molecule has 2 heterocycles. The van der Waals surface area contributed by atoms with E-state index in [1.807, 2.05) is 42.3 Å². The van der Waals surface area contributed by atoms with Gasteiger partial charge < -0.3 is 15.4 Å². The zero-order valence-corrected chi connectivity index (χ0v) is 10.5. The fourth-order valence-electron chi connectivity index (χ4n) is 2.20. The molecule has 1 aliphatic rings. The minimum atomic E-state index is 0.235. The van der Waals surface area contributed by atoms with E-state index < -0.39 is 0 Å². The lowest BCUT2D eigenvalue weighted by Gasteiger charge is -2.28. The van der Waals surface area contributed by atoms with Crippen LogP contribution < -0.4 is 15.4 Å². The van der Waals surface area contributed by atoms with Crippen molar-refractivity contribution < 1.29 is 4.74 Å². The molecule has 1 unspecified atom stereocenters. The maximum absolute atomic E-state index is 5.24. The van der Waals surface area contributed by atoms with Crippen LogP contribution in [0.4, 0.5) is 11.4 Å². The van der Waals surface area contributed by atoms with Crippen molar-refractivity contribution in [3.63, 3.8) is 0 Å². The second kappa shape index (κ2) is 4.25. The Kier molecular flexibility index (Phi) is 2.59. The SMILES string of the molecule is COc1ccc2c(c1)NC(c1cnn(C)c1)CN2. The number of hydrogen-bond acceptors (Lipinski definition) is 4. The minimum absolute atomic E-state index is 0.235. The summed E-state index contributed by atoms with van der Waals surface area (Å²) in [5, 5.41) is 11.1. The number of rotatable bonds is 2. The fourth-order valence-corrected chi connectivity index (χ4v) is 2.20. The molecule has 0 saturated carbocycles. The van der Waals surface area contributed by atoms with Crippen molar-refractivity contribution in [3.05, 3.63) is 36.2 Å². The van der Waals surface area contributed by atoms with Crippen molar-refractivity contribution in [1.82, 2.24) is 9.78 Å². The Morgan fingerprint density at radius 2 is 2.28 bits per heavy atom. The molecule has 0 spiro atoms. The van der Waals surface area contributed by atoms with Crippen LogP contribution in [0.5, 0.6) is 5.75 Å². The number of anilines is 2. The van der Waals surface area contributed by atoms with Gasteiger partial charge in [0, 0.05) is 31.4 Å². The Balaban J connectivity index is 1.87. The Hall–Kier alpha value is -2.17. The third-order valence-electron chi connectivity index (χ3n) is 3.18. The van der Waals surface area contributed by atoms with Gasteiger partial charge in [-0.25, -0.2) is 0 Å². The normalized spacial score (nSPS) is 17.6. The molecule has 0 bridgehead atoms. The molecule has 0 fully saturated rings. The third-order valence-corrected chi connectivity index (χ3v) is 3.18. The fraction of sp³-hybridized carbons (Fsp3) is 0.308. The molecule has 1 aromatic carbocycles. The largest absolute Gasteiger partial charge is 0.497 e. The van der Waals surface area contributed by atoms with Gasteiger partial charge in [-0.05, 0) is 12.1 Å². The van der Waals surface area contributed by atoms with Crippen LogP contribution in [-0.2, 0) is 7.05 Å². The number of ether oxygens (including phenoxy) is 1. The second-order valence-corrected chi connectivity index (χ2v) is 4.44. The molecular weight excluding hydrogens is 228 g/mol. The highest BCUT2D eigenvalue weighted by Crippen LogP contribution is 2.34. The lowest BCUT2D eigenvalue weighted by molar-refractivity contribution is 0.415. The van der Waals surface area contributed by atoms with E-state index >= 15 is 0 Å². The van der Waals surface area contributed by atoms with Crippen LogP contribution >= 0.6 is 0 Å². The predicted octanol–water partition coefficient (Wildman–Crippen LogP) is 2.01. The molecule has 2 aromatic rings. The molecule has 18 heavy (non-hydrogen) atoms. The summed E-state index contributed by atoms with van der Waals surface area (Å²) in [5.74, 6) is 0.856. The smallest absolute Gasteiger partial charge is 0.121 e. The van der Waals surface area contributed by atoms with Gasteiger partial charge in [-0.1, -0.05) is 0 Å². The molecule has 0 aliphatic carbocycles. The van der Waals surface area contributed by atoms with E-state index in [0.29, 0.717) is 0 Å². The number of aryl methyl sites for hydroxylation is 1. The van der Waals surface area contributed by atoms with Crippen LogP contribution in [0.1, 0.15) is 11.6 Å². The summed E-state index contributed by atoms with van der Waals surface area (Å²) in [5.41, 5.74) is 3.35. The van der Waals surface area contributed by atoms with Gasteiger partial charge in [0.2, 0.25) is 0 Å². The molecule has 5 nitrogen and oxygen atoms in total. The van der Waals surface area contributed by atoms with Crippen molar-refractivity contribution in [3.8, 4) is 5.75 Å². The molecule has 1 aliphatic heterocycles. The van der Waals surface area contributed by atoms with E-state index in [9.17, 15) is 0 Å². The predicted molar refractivity (Wildman–Crippen MR) is 71.1 cm³/mol. The molecule has 2 N–H and O–H groups in total. The summed E-state index contributed by atoms with van der Waals surface area (Å²) in [6.45, 7) is 0.852. The highest BCUT2D eigenvalue weighted by atomic mass is 16.5. The van der Waals surface area contributed by atoms with E-state index in [-0.39, 0.29) is 6.04 Å². The topological polar surface area (TPSA) is 51.1 Å². The maximum Gasteiger partial charge on any atom is 0.121 e. The second-order valence-electron chi connectivity index (χ2n) is 4.44. The van der Waals surface area contributed by atoms with E-state index in [4.69, 9.17) is 4.74 Å². The van der Waals surface area contributed by atoms with Gasteiger partial charge in [0.1, 0.15) is 5.75 Å². The first-order valence-corrected chi connectivity index (χ1v) is 5.93. The number of hydrogen-bond donors (Lipinski definition) is 2. The molecule has 0 saturated heterocycles. The number of nitrogens with one attached hydrogen (secondary N) is 2. The molecule has 94 valence electrons. The van der Waals surface area contributed by atoms with E-state index in [1.54, 1.807) is 7.11 Å². The Morgan fingerprint density at radius 3 is 3.00 bits per heavy atom. The maximum atomic E-state index is 5.24.